The highest BCUT2D eigenvalue weighted by Crippen LogP contribution is 2.18. The Bertz CT molecular complexity index is 710. The van der Waals surface area contributed by atoms with Crippen LogP contribution in [0.1, 0.15) is 0 Å². The molecule has 0 unspecified atom stereocenters. The van der Waals surface area contributed by atoms with E-state index in [0.717, 1.165) is 0 Å². The third-order valence-electron chi connectivity index (χ3n) is 2.41. The summed E-state index contributed by atoms with van der Waals surface area (Å²) in [5.41, 5.74) is 5.63. The summed E-state index contributed by atoms with van der Waals surface area (Å²) in [5, 5.41) is 17.2. The molecule has 0 saturated heterocycles. The van der Waals surface area contributed by atoms with E-state index >= 15 is 0 Å². The quantitative estimate of drug-likeness (QED) is 0.262. The number of oxime groups is 1. The van der Waals surface area contributed by atoms with E-state index in [4.69, 9.17) is 15.7 Å². The van der Waals surface area contributed by atoms with Gasteiger partial charge in [-0.05, 0) is 24.3 Å². The topological polar surface area (TPSA) is 143 Å². The minimum atomic E-state index is -3.67. The Balaban J connectivity index is 2.03. The molecule has 0 spiro atoms. The van der Waals surface area contributed by atoms with E-state index in [1.807, 2.05) is 0 Å². The average molecular weight is 311 g/mol. The zero-order valence-electron chi connectivity index (χ0n) is 10.7. The number of sulfonamides is 1. The van der Waals surface area contributed by atoms with Gasteiger partial charge in [0.05, 0.1) is 6.20 Å². The van der Waals surface area contributed by atoms with Crippen LogP contribution in [0, 0.1) is 0 Å². The number of nitrogens with zero attached hydrogens (tertiary/aromatic N) is 2. The van der Waals surface area contributed by atoms with Crippen LogP contribution in [-0.4, -0.2) is 36.3 Å². The van der Waals surface area contributed by atoms with Crippen LogP contribution in [-0.2, 0) is 10.0 Å². The highest BCUT2D eigenvalue weighted by molar-refractivity contribution is 7.92. The molecule has 0 bridgehead atoms. The van der Waals surface area contributed by atoms with Crippen molar-refractivity contribution in [3.8, 4) is 5.75 Å². The Morgan fingerprint density at radius 1 is 1.43 bits per heavy atom. The Morgan fingerprint density at radius 3 is 2.71 bits per heavy atom. The van der Waals surface area contributed by atoms with Crippen LogP contribution in [0.4, 0.5) is 5.69 Å². The third-order valence-corrected chi connectivity index (χ3v) is 3.75. The van der Waals surface area contributed by atoms with Gasteiger partial charge in [-0.15, -0.1) is 0 Å². The molecule has 0 fully saturated rings. The van der Waals surface area contributed by atoms with Crippen molar-refractivity contribution in [3.05, 3.63) is 36.7 Å². The monoisotopic (exact) mass is 311 g/mol. The van der Waals surface area contributed by atoms with Gasteiger partial charge in [0.15, 0.2) is 5.84 Å². The maximum absolute atomic E-state index is 11.9. The maximum Gasteiger partial charge on any atom is 0.265 e. The number of aromatic amines is 1. The SMILES string of the molecule is N/C(COc1ccc(NS(=O)(=O)c2cn[nH]c2)cc1)=N\O. The molecule has 0 aliphatic heterocycles. The number of anilines is 1. The molecule has 2 aromatic rings. The first kappa shape index (κ1) is 14.7. The molecule has 0 aliphatic carbocycles. The van der Waals surface area contributed by atoms with Gasteiger partial charge in [-0.3, -0.25) is 9.82 Å². The maximum atomic E-state index is 11.9. The van der Waals surface area contributed by atoms with Gasteiger partial charge in [0.1, 0.15) is 17.3 Å². The molecule has 112 valence electrons. The van der Waals surface area contributed by atoms with E-state index in [1.165, 1.54) is 24.5 Å². The van der Waals surface area contributed by atoms with E-state index in [1.54, 1.807) is 12.1 Å². The molecule has 1 aromatic heterocycles. The average Bonchev–Trinajstić information content (AvgIpc) is 3.01. The lowest BCUT2D eigenvalue weighted by Gasteiger charge is -2.08. The lowest BCUT2D eigenvalue weighted by molar-refractivity contribution is 0.306. The lowest BCUT2D eigenvalue weighted by Crippen LogP contribution is -2.20. The van der Waals surface area contributed by atoms with Crippen LogP contribution in [0.15, 0.2) is 46.7 Å². The third kappa shape index (κ3) is 3.86. The summed E-state index contributed by atoms with van der Waals surface area (Å²) < 4.78 is 31.5. The van der Waals surface area contributed by atoms with Crippen molar-refractivity contribution in [1.29, 1.82) is 0 Å². The first-order chi connectivity index (χ1) is 10.0. The van der Waals surface area contributed by atoms with Gasteiger partial charge in [0.25, 0.3) is 10.0 Å². The minimum absolute atomic E-state index is 0.0368. The van der Waals surface area contributed by atoms with Crippen LogP contribution < -0.4 is 15.2 Å². The first-order valence-electron chi connectivity index (χ1n) is 5.72. The minimum Gasteiger partial charge on any atom is -0.486 e. The van der Waals surface area contributed by atoms with Crippen LogP contribution in [0.5, 0.6) is 5.75 Å². The number of amidine groups is 1. The van der Waals surface area contributed by atoms with Gasteiger partial charge in [0, 0.05) is 11.9 Å². The fourth-order valence-corrected chi connectivity index (χ4v) is 2.37. The van der Waals surface area contributed by atoms with Gasteiger partial charge < -0.3 is 15.7 Å². The number of nitrogens with two attached hydrogens (primary N) is 1. The molecular weight excluding hydrogens is 298 g/mol. The zero-order valence-corrected chi connectivity index (χ0v) is 11.5. The van der Waals surface area contributed by atoms with Crippen molar-refractivity contribution in [2.75, 3.05) is 11.3 Å². The summed E-state index contributed by atoms with van der Waals surface area (Å²) in [6.45, 7) is -0.0728. The normalized spacial score (nSPS) is 12.1. The van der Waals surface area contributed by atoms with Gasteiger partial charge in [-0.25, -0.2) is 8.42 Å². The molecule has 0 saturated carbocycles. The summed E-state index contributed by atoms with van der Waals surface area (Å²) in [5.74, 6) is 0.382. The molecule has 9 nitrogen and oxygen atoms in total. The van der Waals surface area contributed by atoms with Crippen molar-refractivity contribution < 1.29 is 18.4 Å². The number of hydrogen-bond donors (Lipinski definition) is 4. The molecule has 1 heterocycles. The molecule has 0 aliphatic rings. The van der Waals surface area contributed by atoms with E-state index in [9.17, 15) is 8.42 Å². The Kier molecular flexibility index (Phi) is 4.28. The van der Waals surface area contributed by atoms with Gasteiger partial charge in [0.2, 0.25) is 0 Å². The van der Waals surface area contributed by atoms with E-state index in [-0.39, 0.29) is 17.3 Å². The fourth-order valence-electron chi connectivity index (χ4n) is 1.41. The smallest absolute Gasteiger partial charge is 0.265 e. The summed E-state index contributed by atoms with van der Waals surface area (Å²) in [7, 11) is -3.67. The Labute approximate surface area is 120 Å². The number of hydrogen-bond acceptors (Lipinski definition) is 6. The van der Waals surface area contributed by atoms with Crippen molar-refractivity contribution in [1.82, 2.24) is 10.2 Å². The first-order valence-corrected chi connectivity index (χ1v) is 7.20. The summed E-state index contributed by atoms with van der Waals surface area (Å²) in [6, 6.07) is 6.16. The molecule has 5 N–H and O–H groups in total. The van der Waals surface area contributed by atoms with Gasteiger partial charge in [-0.1, -0.05) is 5.16 Å². The molecule has 10 heteroatoms. The van der Waals surface area contributed by atoms with E-state index in [0.29, 0.717) is 11.4 Å². The predicted octanol–water partition coefficient (Wildman–Crippen LogP) is 0.336. The second kappa shape index (κ2) is 6.13. The zero-order chi connectivity index (χ0) is 15.3. The molecule has 21 heavy (non-hydrogen) atoms. The summed E-state index contributed by atoms with van der Waals surface area (Å²) in [6.07, 6.45) is 2.48. The lowest BCUT2D eigenvalue weighted by atomic mass is 10.3. The largest absolute Gasteiger partial charge is 0.486 e. The Morgan fingerprint density at radius 2 is 2.14 bits per heavy atom. The van der Waals surface area contributed by atoms with E-state index in [2.05, 4.69) is 20.1 Å². The molecule has 0 atom stereocenters. The van der Waals surface area contributed by atoms with Crippen molar-refractivity contribution in [2.45, 2.75) is 4.90 Å². The van der Waals surface area contributed by atoms with Crippen LogP contribution in [0.25, 0.3) is 0 Å². The van der Waals surface area contributed by atoms with Gasteiger partial charge >= 0.3 is 0 Å². The molecule has 0 amide bonds. The number of aromatic nitrogens is 2. The van der Waals surface area contributed by atoms with Crippen molar-refractivity contribution in [2.24, 2.45) is 10.9 Å². The fraction of sp³-hybridized carbons (Fsp3) is 0.0909. The number of ether oxygens (including phenoxy) is 1. The summed E-state index contributed by atoms with van der Waals surface area (Å²) in [4.78, 5) is 0.0368. The standard InChI is InChI=1S/C11H13N5O4S/c12-11(15-17)7-20-9-3-1-8(2-4-9)16-21(18,19)10-5-13-14-6-10/h1-6,16-17H,7H2,(H2,12,15)(H,13,14). The molecule has 2 rings (SSSR count). The highest BCUT2D eigenvalue weighted by Gasteiger charge is 2.15. The second-order valence-corrected chi connectivity index (χ2v) is 5.63. The molecule has 1 aromatic carbocycles. The second-order valence-electron chi connectivity index (χ2n) is 3.94. The number of rotatable bonds is 6. The number of nitrogens with one attached hydrogen (secondary N) is 2. The van der Waals surface area contributed by atoms with E-state index < -0.39 is 10.0 Å². The Hall–Kier alpha value is -2.75. The van der Waals surface area contributed by atoms with Crippen molar-refractivity contribution >= 4 is 21.5 Å². The van der Waals surface area contributed by atoms with Crippen LogP contribution >= 0.6 is 0 Å². The predicted molar refractivity (Wildman–Crippen MR) is 74.7 cm³/mol. The number of benzene rings is 1. The van der Waals surface area contributed by atoms with Crippen LogP contribution in [0.3, 0.4) is 0 Å². The van der Waals surface area contributed by atoms with Crippen molar-refractivity contribution in [3.63, 3.8) is 0 Å². The van der Waals surface area contributed by atoms with Gasteiger partial charge in [-0.2, -0.15) is 5.10 Å². The molecule has 0 radical (unpaired) electrons. The molecular formula is C11H13N5O4S. The highest BCUT2D eigenvalue weighted by atomic mass is 32.2. The van der Waals surface area contributed by atoms with Crippen LogP contribution in [0.2, 0.25) is 0 Å². The summed E-state index contributed by atoms with van der Waals surface area (Å²) >= 11 is 0. The number of H-pyrrole nitrogens is 1.